The fourth-order valence-electron chi connectivity index (χ4n) is 4.56. The molecule has 8 heteroatoms. The minimum absolute atomic E-state index is 0.224. The van der Waals surface area contributed by atoms with Crippen LogP contribution >= 0.6 is 0 Å². The molecule has 8 nitrogen and oxygen atoms in total. The third kappa shape index (κ3) is 3.79. The lowest BCUT2D eigenvalue weighted by molar-refractivity contribution is -0.141. The van der Waals surface area contributed by atoms with E-state index in [4.69, 9.17) is 4.74 Å². The lowest BCUT2D eigenvalue weighted by Gasteiger charge is -2.43. The van der Waals surface area contributed by atoms with Crippen molar-refractivity contribution < 1.29 is 9.53 Å². The van der Waals surface area contributed by atoms with Crippen LogP contribution in [0.2, 0.25) is 0 Å². The van der Waals surface area contributed by atoms with Crippen molar-refractivity contribution in [2.45, 2.75) is 18.3 Å². The number of anilines is 1. The van der Waals surface area contributed by atoms with Crippen LogP contribution in [-0.2, 0) is 14.9 Å². The van der Waals surface area contributed by atoms with Crippen molar-refractivity contribution in [3.63, 3.8) is 0 Å². The summed E-state index contributed by atoms with van der Waals surface area (Å²) in [5, 5.41) is 12.8. The third-order valence-corrected chi connectivity index (χ3v) is 6.35. The largest absolute Gasteiger partial charge is 0.381 e. The van der Waals surface area contributed by atoms with E-state index in [1.807, 2.05) is 47.5 Å². The number of ether oxygens (including phenoxy) is 1. The van der Waals surface area contributed by atoms with Gasteiger partial charge in [0.15, 0.2) is 11.6 Å². The number of hydrogen-bond acceptors (Lipinski definition) is 6. The van der Waals surface area contributed by atoms with Crippen LogP contribution in [0.5, 0.6) is 0 Å². The van der Waals surface area contributed by atoms with Crippen LogP contribution in [0, 0.1) is 0 Å². The summed E-state index contributed by atoms with van der Waals surface area (Å²) in [5.74, 6) is 1.74. The van der Waals surface area contributed by atoms with Crippen LogP contribution in [0.1, 0.15) is 18.4 Å². The van der Waals surface area contributed by atoms with Gasteiger partial charge in [-0.15, -0.1) is 10.2 Å². The van der Waals surface area contributed by atoms with E-state index >= 15 is 0 Å². The summed E-state index contributed by atoms with van der Waals surface area (Å²) in [7, 11) is 0. The SMILES string of the molecule is O=C(N1CCN(c2ccc(-n3cccn3)nn2)CC1)C1(c2ccccc2)CCOCC1. The van der Waals surface area contributed by atoms with Crippen LogP contribution in [0.25, 0.3) is 5.82 Å². The Morgan fingerprint density at radius 2 is 1.58 bits per heavy atom. The Kier molecular flexibility index (Phi) is 5.38. The molecular formula is C23H26N6O2. The maximum atomic E-state index is 13.7. The molecule has 1 aromatic carbocycles. The number of piperazine rings is 1. The topological polar surface area (TPSA) is 76.4 Å². The van der Waals surface area contributed by atoms with E-state index in [2.05, 4.69) is 32.3 Å². The van der Waals surface area contributed by atoms with E-state index in [9.17, 15) is 4.79 Å². The number of rotatable bonds is 4. The predicted molar refractivity (Wildman–Crippen MR) is 116 cm³/mol. The van der Waals surface area contributed by atoms with Gasteiger partial charge in [0, 0.05) is 51.8 Å². The Labute approximate surface area is 181 Å². The fraction of sp³-hybridized carbons (Fsp3) is 0.391. The fourth-order valence-corrected chi connectivity index (χ4v) is 4.56. The molecule has 5 rings (SSSR count). The van der Waals surface area contributed by atoms with Gasteiger partial charge in [-0.1, -0.05) is 30.3 Å². The summed E-state index contributed by atoms with van der Waals surface area (Å²) in [6.07, 6.45) is 5.02. The quantitative estimate of drug-likeness (QED) is 0.646. The highest BCUT2D eigenvalue weighted by Gasteiger charge is 2.44. The molecule has 0 radical (unpaired) electrons. The first-order valence-electron chi connectivity index (χ1n) is 10.8. The molecule has 0 saturated carbocycles. The van der Waals surface area contributed by atoms with E-state index in [0.29, 0.717) is 32.1 Å². The highest BCUT2D eigenvalue weighted by Crippen LogP contribution is 2.37. The number of hydrogen-bond donors (Lipinski definition) is 0. The molecule has 3 aromatic rings. The lowest BCUT2D eigenvalue weighted by Crippen LogP contribution is -2.56. The van der Waals surface area contributed by atoms with Crippen molar-refractivity contribution in [1.82, 2.24) is 24.9 Å². The Morgan fingerprint density at radius 1 is 0.871 bits per heavy atom. The molecule has 160 valence electrons. The van der Waals surface area contributed by atoms with Crippen molar-refractivity contribution >= 4 is 11.7 Å². The maximum Gasteiger partial charge on any atom is 0.233 e. The minimum atomic E-state index is -0.479. The molecule has 0 atom stereocenters. The second-order valence-corrected chi connectivity index (χ2v) is 8.04. The van der Waals surface area contributed by atoms with Gasteiger partial charge in [-0.25, -0.2) is 4.68 Å². The van der Waals surface area contributed by atoms with Crippen molar-refractivity contribution in [1.29, 1.82) is 0 Å². The van der Waals surface area contributed by atoms with Gasteiger partial charge in [0.25, 0.3) is 0 Å². The van der Waals surface area contributed by atoms with E-state index in [1.165, 1.54) is 0 Å². The summed E-state index contributed by atoms with van der Waals surface area (Å²) in [6.45, 7) is 4.08. The van der Waals surface area contributed by atoms with Gasteiger partial charge in [0.1, 0.15) is 0 Å². The average Bonchev–Trinajstić information content (AvgIpc) is 3.40. The first-order valence-corrected chi connectivity index (χ1v) is 10.8. The third-order valence-electron chi connectivity index (χ3n) is 6.35. The van der Waals surface area contributed by atoms with Gasteiger partial charge in [-0.2, -0.15) is 5.10 Å². The molecular weight excluding hydrogens is 392 g/mol. The summed E-state index contributed by atoms with van der Waals surface area (Å²) < 4.78 is 7.28. The second kappa shape index (κ2) is 8.47. The van der Waals surface area contributed by atoms with E-state index in [-0.39, 0.29) is 5.91 Å². The Bertz CT molecular complexity index is 992. The highest BCUT2D eigenvalue weighted by atomic mass is 16.5. The first-order chi connectivity index (χ1) is 15.3. The van der Waals surface area contributed by atoms with Crippen LogP contribution in [0.3, 0.4) is 0 Å². The van der Waals surface area contributed by atoms with Crippen molar-refractivity contribution in [2.24, 2.45) is 0 Å². The maximum absolute atomic E-state index is 13.7. The van der Waals surface area contributed by atoms with Crippen LogP contribution in [0.4, 0.5) is 5.82 Å². The lowest BCUT2D eigenvalue weighted by atomic mass is 9.73. The monoisotopic (exact) mass is 418 g/mol. The van der Waals surface area contributed by atoms with Crippen molar-refractivity contribution in [3.05, 3.63) is 66.5 Å². The van der Waals surface area contributed by atoms with Gasteiger partial charge in [-0.05, 0) is 36.6 Å². The molecule has 2 aliphatic rings. The number of carbonyl (C=O) groups excluding carboxylic acids is 1. The zero-order valence-corrected chi connectivity index (χ0v) is 17.4. The molecule has 0 bridgehead atoms. The van der Waals surface area contributed by atoms with Gasteiger partial charge in [0.2, 0.25) is 5.91 Å². The Hall–Kier alpha value is -3.26. The molecule has 0 N–H and O–H groups in total. The molecule has 31 heavy (non-hydrogen) atoms. The molecule has 2 saturated heterocycles. The molecule has 2 fully saturated rings. The smallest absolute Gasteiger partial charge is 0.233 e. The first kappa shape index (κ1) is 19.7. The molecule has 4 heterocycles. The Balaban J connectivity index is 1.28. The number of nitrogens with zero attached hydrogens (tertiary/aromatic N) is 6. The molecule has 1 amide bonds. The highest BCUT2D eigenvalue weighted by molar-refractivity contribution is 5.88. The van der Waals surface area contributed by atoms with Gasteiger partial charge < -0.3 is 14.5 Å². The van der Waals surface area contributed by atoms with Gasteiger partial charge in [-0.3, -0.25) is 4.79 Å². The summed E-state index contributed by atoms with van der Waals surface area (Å²) in [5.41, 5.74) is 0.623. The average molecular weight is 419 g/mol. The summed E-state index contributed by atoms with van der Waals surface area (Å²) in [6, 6.07) is 15.9. The Morgan fingerprint density at radius 3 is 2.23 bits per heavy atom. The molecule has 2 aromatic heterocycles. The van der Waals surface area contributed by atoms with Crippen LogP contribution in [0.15, 0.2) is 60.9 Å². The van der Waals surface area contributed by atoms with Crippen molar-refractivity contribution in [2.75, 3.05) is 44.3 Å². The molecule has 0 aliphatic carbocycles. The zero-order chi connectivity index (χ0) is 21.1. The van der Waals surface area contributed by atoms with Crippen molar-refractivity contribution in [3.8, 4) is 5.82 Å². The summed E-state index contributed by atoms with van der Waals surface area (Å²) >= 11 is 0. The number of aromatic nitrogens is 4. The van der Waals surface area contributed by atoms with E-state index < -0.39 is 5.41 Å². The molecule has 0 unspecified atom stereocenters. The van der Waals surface area contributed by atoms with Gasteiger partial charge >= 0.3 is 0 Å². The normalized spacial score (nSPS) is 18.7. The summed E-state index contributed by atoms with van der Waals surface area (Å²) in [4.78, 5) is 17.9. The number of amides is 1. The van der Waals surface area contributed by atoms with E-state index in [1.54, 1.807) is 10.9 Å². The minimum Gasteiger partial charge on any atom is -0.381 e. The van der Waals surface area contributed by atoms with Crippen LogP contribution in [-0.4, -0.2) is 70.2 Å². The second-order valence-electron chi connectivity index (χ2n) is 8.04. The van der Waals surface area contributed by atoms with E-state index in [0.717, 1.165) is 37.3 Å². The van der Waals surface area contributed by atoms with Crippen LogP contribution < -0.4 is 4.90 Å². The van der Waals surface area contributed by atoms with Gasteiger partial charge in [0.05, 0.1) is 5.41 Å². The predicted octanol–water partition coefficient (Wildman–Crippen LogP) is 2.06. The standard InChI is InChI=1S/C23H26N6O2/c30-22(23(9-17-31-18-10-23)19-5-2-1-3-6-19)28-15-13-27(14-16-28)20-7-8-21(26-25-20)29-12-4-11-24-29/h1-8,11-12H,9-10,13-18H2. The molecule has 2 aliphatic heterocycles. The number of benzene rings is 1. The number of carbonyl (C=O) groups is 1. The molecule has 0 spiro atoms. The zero-order valence-electron chi connectivity index (χ0n) is 17.4.